The summed E-state index contributed by atoms with van der Waals surface area (Å²) >= 11 is 0.937. The molecule has 0 radical (unpaired) electrons. The highest BCUT2D eigenvalue weighted by atomic mass is 32.2. The Morgan fingerprint density at radius 2 is 1.79 bits per heavy atom. The van der Waals surface area contributed by atoms with Crippen molar-refractivity contribution < 1.29 is 36.6 Å². The van der Waals surface area contributed by atoms with E-state index in [9.17, 15) is 22.4 Å². The van der Waals surface area contributed by atoms with Crippen LogP contribution in [0.1, 0.15) is 49.3 Å². The Hall–Kier alpha value is -3.51. The van der Waals surface area contributed by atoms with Gasteiger partial charge in [0.15, 0.2) is 5.69 Å². The fraction of sp³-hybridized carbons (Fsp3) is 0.346. The number of aromatic nitrogens is 1. The number of methoxy groups -OCH3 is 1. The highest BCUT2D eigenvalue weighted by Crippen LogP contribution is 2.34. The van der Waals surface area contributed by atoms with Crippen molar-refractivity contribution in [3.63, 3.8) is 0 Å². The maximum absolute atomic E-state index is 14.9. The quantitative estimate of drug-likeness (QED) is 0.325. The smallest absolute Gasteiger partial charge is 0.360 e. The van der Waals surface area contributed by atoms with Crippen LogP contribution in [0, 0.1) is 5.82 Å². The summed E-state index contributed by atoms with van der Waals surface area (Å²) < 4.78 is 59.1. The summed E-state index contributed by atoms with van der Waals surface area (Å²) in [6.07, 6.45) is -0.340. The largest absolute Gasteiger partial charge is 0.497 e. The standard InChI is InChI=1S/C26H29FN2O7S2/c1-6-35-22(30)13-18-9-12-20(14-21(18)27)38(32,33)29(15-17-7-10-19(34-5)11-8-17)24-23(28-16-37-24)25(31)36-26(2,3)4/h7-12,14,16H,6,13,15H2,1-5H3. The molecule has 0 saturated carbocycles. The number of thiazole rings is 1. The lowest BCUT2D eigenvalue weighted by molar-refractivity contribution is -0.142. The highest BCUT2D eigenvalue weighted by molar-refractivity contribution is 7.93. The first-order chi connectivity index (χ1) is 17.9. The summed E-state index contributed by atoms with van der Waals surface area (Å²) in [6, 6.07) is 9.99. The number of nitrogens with zero attached hydrogens (tertiary/aromatic N) is 2. The Balaban J connectivity index is 2.06. The summed E-state index contributed by atoms with van der Waals surface area (Å²) in [7, 11) is -2.90. The van der Waals surface area contributed by atoms with E-state index < -0.39 is 33.4 Å². The van der Waals surface area contributed by atoms with Gasteiger partial charge in [-0.2, -0.15) is 0 Å². The number of anilines is 1. The number of benzene rings is 2. The minimum Gasteiger partial charge on any atom is -0.497 e. The zero-order valence-electron chi connectivity index (χ0n) is 21.7. The number of hydrogen-bond acceptors (Lipinski definition) is 9. The van der Waals surface area contributed by atoms with Crippen LogP contribution >= 0.6 is 11.3 Å². The van der Waals surface area contributed by atoms with Gasteiger partial charge < -0.3 is 14.2 Å². The summed E-state index contributed by atoms with van der Waals surface area (Å²) in [4.78, 5) is 28.4. The van der Waals surface area contributed by atoms with Gasteiger partial charge in [0.05, 0.1) is 37.1 Å². The van der Waals surface area contributed by atoms with Crippen LogP contribution in [-0.4, -0.2) is 44.7 Å². The molecular formula is C26H29FN2O7S2. The summed E-state index contributed by atoms with van der Waals surface area (Å²) in [5.41, 5.74) is 0.902. The average Bonchev–Trinajstić information content (AvgIpc) is 3.33. The second-order valence-corrected chi connectivity index (χ2v) is 11.8. The SMILES string of the molecule is CCOC(=O)Cc1ccc(S(=O)(=O)N(Cc2ccc(OC)cc2)c2scnc2C(=O)OC(C)(C)C)cc1F. The van der Waals surface area contributed by atoms with Crippen molar-refractivity contribution in [2.24, 2.45) is 0 Å². The number of rotatable bonds is 10. The zero-order valence-corrected chi connectivity index (χ0v) is 23.3. The molecule has 1 aromatic heterocycles. The molecule has 9 nitrogen and oxygen atoms in total. The van der Waals surface area contributed by atoms with Crippen molar-refractivity contribution in [3.05, 3.63) is 70.6 Å². The Kier molecular flexibility index (Phi) is 9.10. The number of hydrogen-bond donors (Lipinski definition) is 0. The highest BCUT2D eigenvalue weighted by Gasteiger charge is 2.33. The number of esters is 2. The fourth-order valence-electron chi connectivity index (χ4n) is 3.37. The summed E-state index contributed by atoms with van der Waals surface area (Å²) in [6.45, 7) is 6.64. The lowest BCUT2D eigenvalue weighted by Crippen LogP contribution is -2.32. The Morgan fingerprint density at radius 1 is 1.11 bits per heavy atom. The van der Waals surface area contributed by atoms with Gasteiger partial charge in [-0.15, -0.1) is 11.3 Å². The summed E-state index contributed by atoms with van der Waals surface area (Å²) in [5.74, 6) is -1.72. The second-order valence-electron chi connectivity index (χ2n) is 9.10. The third kappa shape index (κ3) is 7.07. The van der Waals surface area contributed by atoms with E-state index in [0.717, 1.165) is 21.7 Å². The molecule has 0 N–H and O–H groups in total. The Bertz CT molecular complexity index is 1400. The third-order valence-electron chi connectivity index (χ3n) is 5.11. The van der Waals surface area contributed by atoms with Crippen molar-refractivity contribution in [2.75, 3.05) is 18.0 Å². The number of carbonyl (C=O) groups excluding carboxylic acids is 2. The van der Waals surface area contributed by atoms with Crippen LogP contribution in [0.3, 0.4) is 0 Å². The van der Waals surface area contributed by atoms with E-state index in [-0.39, 0.29) is 40.7 Å². The minimum absolute atomic E-state index is 0.00339. The normalized spacial score (nSPS) is 11.6. The molecule has 0 aliphatic heterocycles. The number of carbonyl (C=O) groups is 2. The molecule has 0 bridgehead atoms. The van der Waals surface area contributed by atoms with Crippen molar-refractivity contribution in [1.82, 2.24) is 4.98 Å². The molecule has 0 unspecified atom stereocenters. The van der Waals surface area contributed by atoms with Gasteiger partial charge in [-0.05, 0) is 63.1 Å². The molecule has 0 spiro atoms. The monoisotopic (exact) mass is 564 g/mol. The van der Waals surface area contributed by atoms with E-state index in [1.165, 1.54) is 24.8 Å². The third-order valence-corrected chi connectivity index (χ3v) is 7.81. The Morgan fingerprint density at radius 3 is 2.37 bits per heavy atom. The molecule has 204 valence electrons. The van der Waals surface area contributed by atoms with Gasteiger partial charge in [0.25, 0.3) is 10.0 Å². The van der Waals surface area contributed by atoms with Crippen molar-refractivity contribution in [1.29, 1.82) is 0 Å². The van der Waals surface area contributed by atoms with Gasteiger partial charge in [-0.1, -0.05) is 18.2 Å². The van der Waals surface area contributed by atoms with Crippen molar-refractivity contribution in [3.8, 4) is 5.75 Å². The van der Waals surface area contributed by atoms with Crippen LogP contribution in [0.4, 0.5) is 9.39 Å². The van der Waals surface area contributed by atoms with Crippen LogP contribution in [0.5, 0.6) is 5.75 Å². The molecule has 0 fully saturated rings. The van der Waals surface area contributed by atoms with Crippen molar-refractivity contribution >= 4 is 38.3 Å². The summed E-state index contributed by atoms with van der Waals surface area (Å²) in [5, 5.41) is 0.0195. The van der Waals surface area contributed by atoms with Gasteiger partial charge in [-0.25, -0.2) is 22.6 Å². The number of sulfonamides is 1. The molecule has 0 atom stereocenters. The predicted octanol–water partition coefficient (Wildman–Crippen LogP) is 4.75. The lowest BCUT2D eigenvalue weighted by Gasteiger charge is -2.25. The first-order valence-corrected chi connectivity index (χ1v) is 13.9. The zero-order chi connectivity index (χ0) is 28.1. The van der Waals surface area contributed by atoms with E-state index in [0.29, 0.717) is 11.3 Å². The molecule has 0 aliphatic rings. The van der Waals surface area contributed by atoms with Gasteiger partial charge >= 0.3 is 11.9 Å². The van der Waals surface area contributed by atoms with E-state index in [4.69, 9.17) is 14.2 Å². The first-order valence-electron chi connectivity index (χ1n) is 11.6. The van der Waals surface area contributed by atoms with E-state index in [1.54, 1.807) is 52.0 Å². The molecule has 0 saturated heterocycles. The van der Waals surface area contributed by atoms with E-state index in [1.807, 2.05) is 0 Å². The topological polar surface area (TPSA) is 112 Å². The van der Waals surface area contributed by atoms with Crippen LogP contribution in [-0.2, 0) is 37.3 Å². The molecule has 2 aromatic carbocycles. The van der Waals surface area contributed by atoms with Crippen molar-refractivity contribution in [2.45, 2.75) is 51.2 Å². The van der Waals surface area contributed by atoms with Crippen LogP contribution in [0.15, 0.2) is 52.9 Å². The molecule has 1 heterocycles. The first kappa shape index (κ1) is 29.1. The molecule has 0 aliphatic carbocycles. The van der Waals surface area contributed by atoms with Crippen LogP contribution in [0.25, 0.3) is 0 Å². The maximum atomic E-state index is 14.9. The number of halogens is 1. The predicted molar refractivity (Wildman–Crippen MR) is 140 cm³/mol. The van der Waals surface area contributed by atoms with Gasteiger partial charge in [0, 0.05) is 0 Å². The molecule has 3 rings (SSSR count). The van der Waals surface area contributed by atoms with Gasteiger partial charge in [0.1, 0.15) is 22.2 Å². The van der Waals surface area contributed by atoms with Crippen LogP contribution in [0.2, 0.25) is 0 Å². The Labute approximate surface area is 225 Å². The number of ether oxygens (including phenoxy) is 3. The van der Waals surface area contributed by atoms with E-state index in [2.05, 4.69) is 4.98 Å². The minimum atomic E-state index is -4.41. The maximum Gasteiger partial charge on any atom is 0.360 e. The molecule has 0 amide bonds. The van der Waals surface area contributed by atoms with Gasteiger partial charge in [-0.3, -0.25) is 9.10 Å². The molecule has 3 aromatic rings. The second kappa shape index (κ2) is 11.9. The average molecular weight is 565 g/mol. The van der Waals surface area contributed by atoms with Crippen LogP contribution < -0.4 is 9.04 Å². The molecule has 12 heteroatoms. The molecule has 38 heavy (non-hydrogen) atoms. The van der Waals surface area contributed by atoms with Gasteiger partial charge in [0.2, 0.25) is 0 Å². The molecular weight excluding hydrogens is 535 g/mol. The lowest BCUT2D eigenvalue weighted by atomic mass is 10.1. The fourth-order valence-corrected chi connectivity index (χ4v) is 5.85. The van der Waals surface area contributed by atoms with E-state index >= 15 is 0 Å².